The summed E-state index contributed by atoms with van der Waals surface area (Å²) in [6, 6.07) is -0.0586. The summed E-state index contributed by atoms with van der Waals surface area (Å²) in [6.45, 7) is 6.15. The van der Waals surface area contributed by atoms with Crippen LogP contribution in [0.3, 0.4) is 0 Å². The van der Waals surface area contributed by atoms with E-state index in [9.17, 15) is 17.4 Å². The van der Waals surface area contributed by atoms with Gasteiger partial charge in [-0.15, -0.1) is 0 Å². The van der Waals surface area contributed by atoms with Gasteiger partial charge in [-0.05, 0) is 27.2 Å². The number of rotatable bonds is 5. The number of guanidine groups is 1. The Bertz CT molecular complexity index is 435. The van der Waals surface area contributed by atoms with E-state index in [0.29, 0.717) is 37.8 Å². The van der Waals surface area contributed by atoms with Crippen LogP contribution >= 0.6 is 0 Å². The van der Waals surface area contributed by atoms with E-state index in [1.165, 1.54) is 4.90 Å². The van der Waals surface area contributed by atoms with Gasteiger partial charge in [-0.1, -0.05) is 0 Å². The van der Waals surface area contributed by atoms with Crippen LogP contribution in [0.2, 0.25) is 0 Å². The van der Waals surface area contributed by atoms with Crippen LogP contribution in [-0.4, -0.2) is 71.0 Å². The maximum Gasteiger partial charge on any atom is 0.401 e. The molecule has 0 amide bonds. The van der Waals surface area contributed by atoms with E-state index in [0.717, 1.165) is 0 Å². The van der Waals surface area contributed by atoms with Gasteiger partial charge >= 0.3 is 6.18 Å². The molecule has 0 aliphatic carbocycles. The van der Waals surface area contributed by atoms with Gasteiger partial charge in [-0.25, -0.2) is 0 Å². The van der Waals surface area contributed by atoms with E-state index in [1.807, 2.05) is 20.8 Å². The minimum atomic E-state index is -4.16. The van der Waals surface area contributed by atoms with Crippen molar-refractivity contribution in [3.63, 3.8) is 0 Å². The van der Waals surface area contributed by atoms with Gasteiger partial charge in [0.05, 0.1) is 6.54 Å². The summed E-state index contributed by atoms with van der Waals surface area (Å²) in [6.07, 6.45) is -3.52. The second-order valence-electron chi connectivity index (χ2n) is 6.64. The number of aliphatic imine (C=N–C) groups is 1. The average molecular weight is 356 g/mol. The number of hydrogen-bond acceptors (Lipinski definition) is 3. The van der Waals surface area contributed by atoms with Crippen LogP contribution in [0.1, 0.15) is 27.2 Å². The first-order chi connectivity index (χ1) is 10.5. The molecule has 0 saturated carbocycles. The fourth-order valence-corrected chi connectivity index (χ4v) is 3.20. The molecule has 5 nitrogen and oxygen atoms in total. The number of nitrogens with zero attached hydrogens (tertiary/aromatic N) is 2. The van der Waals surface area contributed by atoms with Crippen LogP contribution in [0.15, 0.2) is 4.99 Å². The van der Waals surface area contributed by atoms with Crippen molar-refractivity contribution in [3.05, 3.63) is 0 Å². The van der Waals surface area contributed by atoms with E-state index in [1.54, 1.807) is 7.05 Å². The first-order valence-electron chi connectivity index (χ1n) is 7.66. The Morgan fingerprint density at radius 1 is 1.35 bits per heavy atom. The van der Waals surface area contributed by atoms with Gasteiger partial charge in [-0.3, -0.25) is 14.1 Å². The van der Waals surface area contributed by atoms with E-state index >= 15 is 0 Å². The highest BCUT2D eigenvalue weighted by atomic mass is 32.2. The average Bonchev–Trinajstić information content (AvgIpc) is 2.81. The molecule has 9 heteroatoms. The summed E-state index contributed by atoms with van der Waals surface area (Å²) in [4.78, 5) is 5.45. The van der Waals surface area contributed by atoms with Crippen LogP contribution < -0.4 is 10.6 Å². The summed E-state index contributed by atoms with van der Waals surface area (Å²) < 4.78 is 48.8. The molecular weight excluding hydrogens is 329 g/mol. The summed E-state index contributed by atoms with van der Waals surface area (Å²) in [5.41, 5.74) is 0. The lowest BCUT2D eigenvalue weighted by Crippen LogP contribution is -2.46. The minimum Gasteiger partial charge on any atom is -0.355 e. The summed E-state index contributed by atoms with van der Waals surface area (Å²) in [5, 5.41) is 6.19. The zero-order valence-corrected chi connectivity index (χ0v) is 15.0. The van der Waals surface area contributed by atoms with E-state index in [-0.39, 0.29) is 10.8 Å². The molecule has 0 aromatic carbocycles. The molecule has 1 fully saturated rings. The van der Waals surface area contributed by atoms with Gasteiger partial charge in [0, 0.05) is 54.0 Å². The zero-order chi connectivity index (χ0) is 17.7. The molecule has 1 rings (SSSR count). The van der Waals surface area contributed by atoms with Gasteiger partial charge in [0.1, 0.15) is 0 Å². The second-order valence-corrected chi connectivity index (χ2v) is 8.97. The van der Waals surface area contributed by atoms with E-state index < -0.39 is 23.5 Å². The zero-order valence-electron chi connectivity index (χ0n) is 14.2. The first kappa shape index (κ1) is 20.2. The normalized spacial score (nSPS) is 22.2. The monoisotopic (exact) mass is 356 g/mol. The quantitative estimate of drug-likeness (QED) is 0.577. The van der Waals surface area contributed by atoms with Gasteiger partial charge in [0.2, 0.25) is 0 Å². The lowest BCUT2D eigenvalue weighted by Gasteiger charge is -2.21. The Morgan fingerprint density at radius 3 is 2.52 bits per heavy atom. The third-order valence-electron chi connectivity index (χ3n) is 3.50. The highest BCUT2D eigenvalue weighted by Gasteiger charge is 2.34. The molecule has 0 aromatic rings. The van der Waals surface area contributed by atoms with Crippen molar-refractivity contribution in [1.82, 2.24) is 15.5 Å². The van der Waals surface area contributed by atoms with Gasteiger partial charge < -0.3 is 10.6 Å². The van der Waals surface area contributed by atoms with Crippen LogP contribution in [0.25, 0.3) is 0 Å². The van der Waals surface area contributed by atoms with Gasteiger partial charge in [0.15, 0.2) is 5.96 Å². The highest BCUT2D eigenvalue weighted by molar-refractivity contribution is 7.86. The minimum absolute atomic E-state index is 0.0586. The predicted octanol–water partition coefficient (Wildman–Crippen LogP) is 1.34. The number of alkyl halides is 3. The van der Waals surface area contributed by atoms with Crippen molar-refractivity contribution in [3.8, 4) is 0 Å². The predicted molar refractivity (Wildman–Crippen MR) is 88.2 cm³/mol. The van der Waals surface area contributed by atoms with E-state index in [4.69, 9.17) is 0 Å². The Kier molecular flexibility index (Phi) is 7.31. The van der Waals surface area contributed by atoms with E-state index in [2.05, 4.69) is 15.6 Å². The molecule has 0 bridgehead atoms. The standard InChI is InChI=1S/C14H27F3N4OS/c1-13(2,3)23(22)8-6-19-12(18-4)20-11-5-7-21(9-11)10-14(15,16)17/h11H,5-10H2,1-4H3,(H2,18,19,20). The fourth-order valence-electron chi connectivity index (χ4n) is 2.30. The third-order valence-corrected chi connectivity index (χ3v) is 5.44. The topological polar surface area (TPSA) is 56.7 Å². The molecule has 136 valence electrons. The maximum absolute atomic E-state index is 12.4. The Balaban J connectivity index is 2.34. The van der Waals surface area contributed by atoms with Crippen molar-refractivity contribution in [1.29, 1.82) is 0 Å². The highest BCUT2D eigenvalue weighted by Crippen LogP contribution is 2.19. The number of likely N-dealkylation sites (tertiary alicyclic amines) is 1. The largest absolute Gasteiger partial charge is 0.401 e. The molecular formula is C14H27F3N4OS. The third kappa shape index (κ3) is 8.01. The lowest BCUT2D eigenvalue weighted by molar-refractivity contribution is -0.143. The SMILES string of the molecule is CN=C(NCCS(=O)C(C)(C)C)NC1CCN(CC(F)(F)F)C1. The molecule has 0 aromatic heterocycles. The fraction of sp³-hybridized carbons (Fsp3) is 0.929. The smallest absolute Gasteiger partial charge is 0.355 e. The van der Waals surface area contributed by atoms with Gasteiger partial charge in [0.25, 0.3) is 0 Å². The van der Waals surface area contributed by atoms with Crippen LogP contribution in [0, 0.1) is 0 Å². The molecule has 2 unspecified atom stereocenters. The summed E-state index contributed by atoms with van der Waals surface area (Å²) in [5.74, 6) is 1.03. The second kappa shape index (κ2) is 8.32. The maximum atomic E-state index is 12.4. The van der Waals surface area contributed by atoms with Crippen LogP contribution in [0.4, 0.5) is 13.2 Å². The van der Waals surface area contributed by atoms with Crippen molar-refractivity contribution in [2.45, 2.75) is 44.2 Å². The van der Waals surface area contributed by atoms with Crippen LogP contribution in [0.5, 0.6) is 0 Å². The summed E-state index contributed by atoms with van der Waals surface area (Å²) >= 11 is 0. The lowest BCUT2D eigenvalue weighted by atomic mass is 10.3. The van der Waals surface area contributed by atoms with Crippen molar-refractivity contribution in [2.24, 2.45) is 4.99 Å². The molecule has 23 heavy (non-hydrogen) atoms. The summed E-state index contributed by atoms with van der Waals surface area (Å²) in [7, 11) is 0.654. The molecule has 0 radical (unpaired) electrons. The number of hydrogen-bond donors (Lipinski definition) is 2. The Labute approximate surface area is 138 Å². The van der Waals surface area contributed by atoms with Gasteiger partial charge in [-0.2, -0.15) is 13.2 Å². The Hall–Kier alpha value is -0.830. The van der Waals surface area contributed by atoms with Crippen molar-refractivity contribution < 1.29 is 17.4 Å². The molecule has 1 aliphatic rings. The molecule has 2 N–H and O–H groups in total. The van der Waals surface area contributed by atoms with Crippen LogP contribution in [-0.2, 0) is 10.8 Å². The molecule has 1 aliphatic heterocycles. The first-order valence-corrected chi connectivity index (χ1v) is 8.98. The molecule has 2 atom stereocenters. The van der Waals surface area contributed by atoms with Crippen molar-refractivity contribution >= 4 is 16.8 Å². The number of halogens is 3. The Morgan fingerprint density at radius 2 is 2.00 bits per heavy atom. The molecule has 0 spiro atoms. The molecule has 1 saturated heterocycles. The molecule has 1 heterocycles. The number of nitrogens with one attached hydrogen (secondary N) is 2. The van der Waals surface area contributed by atoms with Crippen molar-refractivity contribution in [2.75, 3.05) is 39.0 Å².